The molecule has 1 saturated heterocycles. The minimum Gasteiger partial charge on any atom is -0.324 e. The fourth-order valence-electron chi connectivity index (χ4n) is 2.55. The second-order valence-electron chi connectivity index (χ2n) is 5.45. The van der Waals surface area contributed by atoms with Crippen LogP contribution in [0, 0.1) is 0 Å². The molecule has 0 aliphatic carbocycles. The van der Waals surface area contributed by atoms with Gasteiger partial charge in [-0.15, -0.1) is 0 Å². The van der Waals surface area contributed by atoms with Gasteiger partial charge < -0.3 is 15.5 Å². The monoisotopic (exact) mass is 325 g/mol. The summed E-state index contributed by atoms with van der Waals surface area (Å²) in [4.78, 5) is 4.95. The quantitative estimate of drug-likeness (QED) is 0.923. The van der Waals surface area contributed by atoms with Gasteiger partial charge in [-0.05, 0) is 57.2 Å². The van der Waals surface area contributed by atoms with Gasteiger partial charge in [-0.1, -0.05) is 28.1 Å². The highest BCUT2D eigenvalue weighted by molar-refractivity contribution is 9.10. The molecule has 1 heterocycles. The lowest BCUT2D eigenvalue weighted by Gasteiger charge is -2.22. The third-order valence-corrected chi connectivity index (χ3v) is 4.34. The third kappa shape index (κ3) is 4.88. The van der Waals surface area contributed by atoms with Crippen LogP contribution in [-0.2, 0) is 0 Å². The van der Waals surface area contributed by atoms with Gasteiger partial charge in [-0.25, -0.2) is 0 Å². The summed E-state index contributed by atoms with van der Waals surface area (Å²) < 4.78 is 1.11. The van der Waals surface area contributed by atoms with Crippen molar-refractivity contribution in [3.8, 4) is 0 Å². The van der Waals surface area contributed by atoms with Crippen LogP contribution in [0.2, 0.25) is 0 Å². The van der Waals surface area contributed by atoms with E-state index in [4.69, 9.17) is 5.73 Å². The largest absolute Gasteiger partial charge is 0.324 e. The van der Waals surface area contributed by atoms with E-state index in [9.17, 15) is 0 Å². The molecule has 0 bridgehead atoms. The molecule has 0 spiro atoms. The smallest absolute Gasteiger partial charge is 0.0307 e. The molecule has 106 valence electrons. The molecule has 1 atom stereocenters. The van der Waals surface area contributed by atoms with Gasteiger partial charge in [-0.2, -0.15) is 0 Å². The molecular weight excluding hydrogens is 302 g/mol. The topological polar surface area (TPSA) is 32.5 Å². The fraction of sp³-hybridized carbons (Fsp3) is 0.600. The predicted molar refractivity (Wildman–Crippen MR) is 84.2 cm³/mol. The van der Waals surface area contributed by atoms with Gasteiger partial charge in [0.1, 0.15) is 0 Å². The summed E-state index contributed by atoms with van der Waals surface area (Å²) in [5, 5.41) is 0. The predicted octanol–water partition coefficient (Wildman–Crippen LogP) is 2.48. The summed E-state index contributed by atoms with van der Waals surface area (Å²) in [5.74, 6) is 0. The number of nitrogens with two attached hydrogens (primary N) is 1. The Labute approximate surface area is 124 Å². The number of hydrogen-bond donors (Lipinski definition) is 1. The van der Waals surface area contributed by atoms with E-state index in [0.29, 0.717) is 0 Å². The number of likely N-dealkylation sites (N-methyl/N-ethyl adjacent to an activating group) is 1. The first-order valence-corrected chi connectivity index (χ1v) is 7.86. The average molecular weight is 326 g/mol. The highest BCUT2D eigenvalue weighted by Gasteiger charge is 2.13. The van der Waals surface area contributed by atoms with Crippen molar-refractivity contribution in [1.29, 1.82) is 0 Å². The molecular formula is C15H24BrN3. The zero-order chi connectivity index (χ0) is 13.7. The van der Waals surface area contributed by atoms with Crippen molar-refractivity contribution in [1.82, 2.24) is 9.80 Å². The second-order valence-corrected chi connectivity index (χ2v) is 6.36. The average Bonchev–Trinajstić information content (AvgIpc) is 2.61. The summed E-state index contributed by atoms with van der Waals surface area (Å²) >= 11 is 3.50. The van der Waals surface area contributed by atoms with Crippen LogP contribution >= 0.6 is 15.9 Å². The van der Waals surface area contributed by atoms with Crippen molar-refractivity contribution in [2.45, 2.75) is 18.9 Å². The van der Waals surface area contributed by atoms with Gasteiger partial charge in [0.05, 0.1) is 0 Å². The van der Waals surface area contributed by atoms with Crippen molar-refractivity contribution in [2.75, 3.05) is 39.8 Å². The Hall–Kier alpha value is -0.420. The van der Waals surface area contributed by atoms with Gasteiger partial charge in [0.15, 0.2) is 0 Å². The van der Waals surface area contributed by atoms with E-state index in [1.165, 1.54) is 38.2 Å². The van der Waals surface area contributed by atoms with Gasteiger partial charge >= 0.3 is 0 Å². The van der Waals surface area contributed by atoms with E-state index in [1.807, 2.05) is 6.07 Å². The van der Waals surface area contributed by atoms with Crippen LogP contribution in [0.3, 0.4) is 0 Å². The first kappa shape index (κ1) is 15.0. The minimum absolute atomic E-state index is 0.137. The lowest BCUT2D eigenvalue weighted by molar-refractivity contribution is 0.267. The Morgan fingerprint density at radius 2 is 2.11 bits per heavy atom. The van der Waals surface area contributed by atoms with Crippen molar-refractivity contribution in [3.63, 3.8) is 0 Å². The molecule has 1 aromatic carbocycles. The Morgan fingerprint density at radius 3 is 2.89 bits per heavy atom. The number of hydrogen-bond acceptors (Lipinski definition) is 3. The van der Waals surface area contributed by atoms with E-state index in [-0.39, 0.29) is 6.04 Å². The van der Waals surface area contributed by atoms with Crippen LogP contribution < -0.4 is 5.73 Å². The highest BCUT2D eigenvalue weighted by atomic mass is 79.9. The maximum atomic E-state index is 6.29. The number of halogens is 1. The van der Waals surface area contributed by atoms with Gasteiger partial charge in [0, 0.05) is 23.6 Å². The third-order valence-electron chi connectivity index (χ3n) is 3.85. The standard InChI is InChI=1S/C15H24BrN3/c1-18-7-3-8-19(11-10-18)9-6-15(17)13-4-2-5-14(16)12-13/h2,4-5,12,15H,3,6-11,17H2,1H3. The highest BCUT2D eigenvalue weighted by Crippen LogP contribution is 2.19. The molecule has 2 N–H and O–H groups in total. The van der Waals surface area contributed by atoms with Crippen LogP contribution in [-0.4, -0.2) is 49.6 Å². The molecule has 19 heavy (non-hydrogen) atoms. The number of rotatable bonds is 4. The number of benzene rings is 1. The lowest BCUT2D eigenvalue weighted by Crippen LogP contribution is -2.31. The molecule has 4 heteroatoms. The maximum absolute atomic E-state index is 6.29. The van der Waals surface area contributed by atoms with Crippen LogP contribution in [0.25, 0.3) is 0 Å². The Morgan fingerprint density at radius 1 is 1.26 bits per heavy atom. The molecule has 1 aliphatic rings. The fourth-order valence-corrected chi connectivity index (χ4v) is 2.97. The zero-order valence-corrected chi connectivity index (χ0v) is 13.3. The van der Waals surface area contributed by atoms with Crippen molar-refractivity contribution >= 4 is 15.9 Å². The minimum atomic E-state index is 0.137. The van der Waals surface area contributed by atoms with Crippen molar-refractivity contribution in [2.24, 2.45) is 5.73 Å². The summed E-state index contributed by atoms with van der Waals surface area (Å²) in [5.41, 5.74) is 7.51. The molecule has 2 rings (SSSR count). The maximum Gasteiger partial charge on any atom is 0.0307 e. The van der Waals surface area contributed by atoms with Crippen LogP contribution in [0.4, 0.5) is 0 Å². The zero-order valence-electron chi connectivity index (χ0n) is 11.7. The molecule has 0 aromatic heterocycles. The molecule has 3 nitrogen and oxygen atoms in total. The van der Waals surface area contributed by atoms with E-state index in [2.05, 4.69) is 51.0 Å². The van der Waals surface area contributed by atoms with E-state index < -0.39 is 0 Å². The van der Waals surface area contributed by atoms with Crippen LogP contribution in [0.5, 0.6) is 0 Å². The van der Waals surface area contributed by atoms with Crippen LogP contribution in [0.1, 0.15) is 24.4 Å². The Balaban J connectivity index is 1.81. The first-order valence-electron chi connectivity index (χ1n) is 7.07. The first-order chi connectivity index (χ1) is 9.15. The SMILES string of the molecule is CN1CCCN(CCC(N)c2cccc(Br)c2)CC1. The summed E-state index contributed by atoms with van der Waals surface area (Å²) in [6.07, 6.45) is 2.29. The lowest BCUT2D eigenvalue weighted by atomic mass is 10.0. The number of nitrogens with zero attached hydrogens (tertiary/aromatic N) is 2. The van der Waals surface area contributed by atoms with Crippen LogP contribution in [0.15, 0.2) is 28.7 Å². The molecule has 1 aliphatic heterocycles. The Bertz CT molecular complexity index is 397. The van der Waals surface area contributed by atoms with Gasteiger partial charge in [0.25, 0.3) is 0 Å². The second kappa shape index (κ2) is 7.39. The van der Waals surface area contributed by atoms with Crippen molar-refractivity contribution < 1.29 is 0 Å². The Kier molecular flexibility index (Phi) is 5.82. The molecule has 0 saturated carbocycles. The molecule has 0 radical (unpaired) electrons. The molecule has 1 unspecified atom stereocenters. The van der Waals surface area contributed by atoms with Gasteiger partial charge in [-0.3, -0.25) is 0 Å². The summed E-state index contributed by atoms with van der Waals surface area (Å²) in [7, 11) is 2.21. The summed E-state index contributed by atoms with van der Waals surface area (Å²) in [6, 6.07) is 8.48. The molecule has 1 aromatic rings. The van der Waals surface area contributed by atoms with E-state index in [0.717, 1.165) is 17.4 Å². The van der Waals surface area contributed by atoms with E-state index >= 15 is 0 Å². The molecule has 0 amide bonds. The van der Waals surface area contributed by atoms with Gasteiger partial charge in [0.2, 0.25) is 0 Å². The van der Waals surface area contributed by atoms with E-state index in [1.54, 1.807) is 0 Å². The van der Waals surface area contributed by atoms with Crippen molar-refractivity contribution in [3.05, 3.63) is 34.3 Å². The molecule has 1 fully saturated rings. The normalized spacial score (nSPS) is 20.2. The summed E-state index contributed by atoms with van der Waals surface area (Å²) in [6.45, 7) is 5.86.